The van der Waals surface area contributed by atoms with Crippen molar-refractivity contribution in [3.63, 3.8) is 0 Å². The van der Waals surface area contributed by atoms with E-state index in [9.17, 15) is 73.2 Å². The Hall–Kier alpha value is -7.71. The van der Waals surface area contributed by atoms with Crippen molar-refractivity contribution in [2.24, 2.45) is 0 Å². The standard InChI is InChI=1S/C51H74N10O16/c62-41(19-17-37(49(73)74)57-51(77)58-38(50(75)76)18-20-44(65)66)52-21-11-3-1-2-10-16-42(63)55-40(31-36-14-8-5-9-15-36)48(72)56-39(30-35-12-6-4-7-13-35)47(71)54-23-22-53-43(64)32-59-24-26-60(33-45(67)68)28-29-61(27-25-59)34-46(69)70/h4-9,12-15,37-40H,1-3,10-11,16-34H2,(H,52,62)(H,53,64)(H,54,71)(H,55,63)(H,56,72)(H,65,66)(H,67,68)(H,69,70)(H,73,74)(H,75,76)(H2,57,58,77)/t37-,38-,39?,40?/m0/s1. The van der Waals surface area contributed by atoms with Gasteiger partial charge in [-0.1, -0.05) is 79.9 Å². The average Bonchev–Trinajstić information content (AvgIpc) is 3.46. The molecular formula is C51H74N10O16. The summed E-state index contributed by atoms with van der Waals surface area (Å²) in [7, 11) is 0. The average molecular weight is 1080 g/mol. The van der Waals surface area contributed by atoms with E-state index in [1.54, 1.807) is 34.1 Å². The number of nitrogens with one attached hydrogen (secondary N) is 7. The summed E-state index contributed by atoms with van der Waals surface area (Å²) in [6.45, 7) is 2.02. The molecule has 4 atom stereocenters. The summed E-state index contributed by atoms with van der Waals surface area (Å²) in [6, 6.07) is 11.7. The van der Waals surface area contributed by atoms with Crippen LogP contribution in [0.4, 0.5) is 4.79 Å². The molecular weight excluding hydrogens is 1010 g/mol. The topological polar surface area (TPSA) is 383 Å². The maximum absolute atomic E-state index is 14.0. The molecule has 1 saturated heterocycles. The molecule has 0 saturated carbocycles. The van der Waals surface area contributed by atoms with Gasteiger partial charge in [-0.3, -0.25) is 53.1 Å². The van der Waals surface area contributed by atoms with Crippen LogP contribution in [-0.4, -0.2) is 208 Å². The maximum atomic E-state index is 14.0. The summed E-state index contributed by atoms with van der Waals surface area (Å²) in [4.78, 5) is 141. The molecule has 424 valence electrons. The molecule has 26 nitrogen and oxygen atoms in total. The van der Waals surface area contributed by atoms with Crippen molar-refractivity contribution in [1.29, 1.82) is 0 Å². The van der Waals surface area contributed by atoms with Gasteiger partial charge in [0.15, 0.2) is 0 Å². The van der Waals surface area contributed by atoms with E-state index in [1.807, 2.05) is 46.6 Å². The second-order valence-electron chi connectivity index (χ2n) is 18.6. The molecule has 26 heteroatoms. The van der Waals surface area contributed by atoms with E-state index in [2.05, 4.69) is 31.9 Å². The molecule has 2 aromatic rings. The molecule has 1 aliphatic heterocycles. The van der Waals surface area contributed by atoms with Crippen LogP contribution < -0.4 is 37.2 Å². The van der Waals surface area contributed by atoms with E-state index in [4.69, 9.17) is 5.11 Å². The van der Waals surface area contributed by atoms with Crippen LogP contribution in [0.2, 0.25) is 0 Å². The molecule has 77 heavy (non-hydrogen) atoms. The fourth-order valence-corrected chi connectivity index (χ4v) is 8.14. The van der Waals surface area contributed by atoms with Crippen molar-refractivity contribution in [3.05, 3.63) is 71.8 Å². The van der Waals surface area contributed by atoms with Crippen molar-refractivity contribution in [3.8, 4) is 0 Å². The summed E-state index contributed by atoms with van der Waals surface area (Å²) in [5, 5.41) is 64.2. The minimum Gasteiger partial charge on any atom is -0.481 e. The highest BCUT2D eigenvalue weighted by Crippen LogP contribution is 2.10. The number of aliphatic carboxylic acids is 5. The van der Waals surface area contributed by atoms with Crippen molar-refractivity contribution in [1.82, 2.24) is 51.9 Å². The third-order valence-electron chi connectivity index (χ3n) is 12.3. The number of hydrogen-bond acceptors (Lipinski definition) is 14. The lowest BCUT2D eigenvalue weighted by molar-refractivity contribution is -0.141. The van der Waals surface area contributed by atoms with E-state index in [-0.39, 0.29) is 83.2 Å². The molecule has 1 aliphatic rings. The molecule has 3 rings (SSSR count). The Kier molecular flexibility index (Phi) is 29.3. The third kappa shape index (κ3) is 28.1. The predicted molar refractivity (Wildman–Crippen MR) is 276 cm³/mol. The molecule has 0 spiro atoms. The van der Waals surface area contributed by atoms with Gasteiger partial charge in [-0.25, -0.2) is 14.4 Å². The highest BCUT2D eigenvalue weighted by atomic mass is 16.4. The van der Waals surface area contributed by atoms with Crippen LogP contribution in [0.15, 0.2) is 60.7 Å². The van der Waals surface area contributed by atoms with Gasteiger partial charge in [0, 0.05) is 91.0 Å². The van der Waals surface area contributed by atoms with Crippen LogP contribution in [0.25, 0.3) is 0 Å². The smallest absolute Gasteiger partial charge is 0.326 e. The number of benzene rings is 2. The fourth-order valence-electron chi connectivity index (χ4n) is 8.14. The highest BCUT2D eigenvalue weighted by molar-refractivity contribution is 5.92. The summed E-state index contributed by atoms with van der Waals surface area (Å²) >= 11 is 0. The number of hydrogen-bond donors (Lipinski definition) is 12. The zero-order chi connectivity index (χ0) is 56.5. The van der Waals surface area contributed by atoms with Crippen molar-refractivity contribution in [2.45, 2.75) is 101 Å². The van der Waals surface area contributed by atoms with Gasteiger partial charge in [-0.15, -0.1) is 0 Å². The summed E-state index contributed by atoms with van der Waals surface area (Å²) < 4.78 is 0. The number of amides is 7. The van der Waals surface area contributed by atoms with Crippen LogP contribution in [0, 0.1) is 0 Å². The second-order valence-corrected chi connectivity index (χ2v) is 18.6. The zero-order valence-electron chi connectivity index (χ0n) is 43.1. The Morgan fingerprint density at radius 2 is 0.844 bits per heavy atom. The number of carboxylic acids is 5. The minimum absolute atomic E-state index is 0.0144. The molecule has 12 N–H and O–H groups in total. The van der Waals surface area contributed by atoms with Gasteiger partial charge in [-0.2, -0.15) is 0 Å². The molecule has 0 aromatic heterocycles. The van der Waals surface area contributed by atoms with Crippen LogP contribution in [0.3, 0.4) is 0 Å². The minimum atomic E-state index is -1.57. The molecule has 0 bridgehead atoms. The first kappa shape index (κ1) is 63.6. The molecule has 0 aliphatic carbocycles. The first-order chi connectivity index (χ1) is 36.8. The third-order valence-corrected chi connectivity index (χ3v) is 12.3. The van der Waals surface area contributed by atoms with Crippen LogP contribution >= 0.6 is 0 Å². The Bertz CT molecular complexity index is 2230. The Labute approximate surface area is 446 Å². The zero-order valence-corrected chi connectivity index (χ0v) is 43.1. The Morgan fingerprint density at radius 1 is 0.403 bits per heavy atom. The van der Waals surface area contributed by atoms with Gasteiger partial charge in [0.1, 0.15) is 24.2 Å². The SMILES string of the molecule is O=C(O)CC[C@H](NC(=O)N[C@@H](CCC(=O)NCCCCCCCC(=O)NC(Cc1ccccc1)C(=O)NC(Cc1ccccc1)C(=O)NCCNC(=O)CN1CCN(CC(=O)O)CCN(CC(=O)O)CC1)C(=O)O)C(=O)O. The van der Waals surface area contributed by atoms with E-state index < -0.39 is 90.6 Å². The summed E-state index contributed by atoms with van der Waals surface area (Å²) in [5.41, 5.74) is 1.53. The fraction of sp³-hybridized carbons (Fsp3) is 0.549. The number of nitrogens with zero attached hydrogens (tertiary/aromatic N) is 3. The summed E-state index contributed by atoms with van der Waals surface area (Å²) in [6.07, 6.45) is 1.96. The maximum Gasteiger partial charge on any atom is 0.326 e. The monoisotopic (exact) mass is 1080 g/mol. The molecule has 2 aromatic carbocycles. The highest BCUT2D eigenvalue weighted by Gasteiger charge is 2.29. The summed E-state index contributed by atoms with van der Waals surface area (Å²) in [5.74, 6) is -8.58. The molecule has 2 unspecified atom stereocenters. The Morgan fingerprint density at radius 3 is 1.34 bits per heavy atom. The molecule has 1 fully saturated rings. The van der Waals surface area contributed by atoms with E-state index in [1.165, 1.54) is 0 Å². The van der Waals surface area contributed by atoms with Gasteiger partial charge in [0.25, 0.3) is 0 Å². The molecule has 1 heterocycles. The van der Waals surface area contributed by atoms with E-state index >= 15 is 0 Å². The Balaban J connectivity index is 1.47. The quantitative estimate of drug-likeness (QED) is 0.0371. The van der Waals surface area contributed by atoms with Gasteiger partial charge in [-0.05, 0) is 36.8 Å². The lowest BCUT2D eigenvalue weighted by Gasteiger charge is -2.25. The molecule has 7 amide bonds. The first-order valence-corrected chi connectivity index (χ1v) is 25.6. The van der Waals surface area contributed by atoms with Gasteiger partial charge in [0.05, 0.1) is 19.6 Å². The number of carbonyl (C=O) groups excluding carboxylic acids is 6. The predicted octanol–water partition coefficient (Wildman–Crippen LogP) is -0.930. The lowest BCUT2D eigenvalue weighted by Crippen LogP contribution is -2.55. The van der Waals surface area contributed by atoms with Crippen LogP contribution in [0.1, 0.15) is 75.3 Å². The number of rotatable bonds is 35. The number of carboxylic acid groups (broad SMARTS) is 5. The first-order valence-electron chi connectivity index (χ1n) is 25.6. The lowest BCUT2D eigenvalue weighted by atomic mass is 10.0. The van der Waals surface area contributed by atoms with E-state index in [0.717, 1.165) is 11.1 Å². The van der Waals surface area contributed by atoms with Crippen molar-refractivity contribution in [2.75, 3.05) is 78.5 Å². The normalized spacial score (nSPS) is 14.8. The van der Waals surface area contributed by atoms with Crippen molar-refractivity contribution < 1.29 is 78.3 Å². The number of urea groups is 1. The second kappa shape index (κ2) is 35.5. The van der Waals surface area contributed by atoms with Gasteiger partial charge < -0.3 is 62.8 Å². The number of unbranched alkanes of at least 4 members (excludes halogenated alkanes) is 4. The van der Waals surface area contributed by atoms with Gasteiger partial charge >= 0.3 is 35.9 Å². The van der Waals surface area contributed by atoms with E-state index in [0.29, 0.717) is 71.4 Å². The van der Waals surface area contributed by atoms with Crippen LogP contribution in [-0.2, 0) is 60.8 Å². The van der Waals surface area contributed by atoms with Gasteiger partial charge in [0.2, 0.25) is 29.5 Å². The molecule has 0 radical (unpaired) electrons. The number of carbonyl (C=O) groups is 11. The van der Waals surface area contributed by atoms with Crippen molar-refractivity contribution >= 4 is 65.4 Å². The largest absolute Gasteiger partial charge is 0.481 e. The van der Waals surface area contributed by atoms with Crippen LogP contribution in [0.5, 0.6) is 0 Å².